The van der Waals surface area contributed by atoms with Crippen LogP contribution in [-0.2, 0) is 5.41 Å². The minimum atomic E-state index is -1.10. The molecule has 3 rings (SSSR count). The molecule has 32 heavy (non-hydrogen) atoms. The van der Waals surface area contributed by atoms with E-state index in [0.29, 0.717) is 36.1 Å². The number of aromatic nitrogens is 3. The second kappa shape index (κ2) is 9.38. The topological polar surface area (TPSA) is 143 Å². The van der Waals surface area contributed by atoms with Gasteiger partial charge in [0.05, 0.1) is 10.6 Å². The van der Waals surface area contributed by atoms with Crippen molar-refractivity contribution < 1.29 is 14.8 Å². The fourth-order valence-electron chi connectivity index (χ4n) is 2.94. The number of nitrogens with zero attached hydrogens (tertiary/aromatic N) is 4. The van der Waals surface area contributed by atoms with E-state index < -0.39 is 10.9 Å². The average molecular weight is 436 g/mol. The number of nitrogens with one attached hydrogen (secondary N) is 2. The van der Waals surface area contributed by atoms with Crippen molar-refractivity contribution in [3.05, 3.63) is 70.0 Å². The van der Waals surface area contributed by atoms with Gasteiger partial charge < -0.3 is 15.7 Å². The van der Waals surface area contributed by atoms with E-state index in [1.807, 2.05) is 24.3 Å². The number of hydrogen-bond donors (Lipinski definition) is 3. The third-order valence-corrected chi connectivity index (χ3v) is 4.72. The first kappa shape index (κ1) is 22.6. The summed E-state index contributed by atoms with van der Waals surface area (Å²) in [5, 5.41) is 26.3. The van der Waals surface area contributed by atoms with Crippen LogP contribution in [0, 0.1) is 10.1 Å². The molecule has 0 radical (unpaired) electrons. The van der Waals surface area contributed by atoms with Crippen molar-refractivity contribution in [2.75, 3.05) is 23.7 Å². The third-order valence-electron chi connectivity index (χ3n) is 4.72. The Morgan fingerprint density at radius 1 is 1.03 bits per heavy atom. The lowest BCUT2D eigenvalue weighted by molar-refractivity contribution is -0.385. The van der Waals surface area contributed by atoms with E-state index in [2.05, 4.69) is 46.4 Å². The van der Waals surface area contributed by atoms with Crippen LogP contribution in [0.15, 0.2) is 48.8 Å². The molecule has 0 aliphatic heterocycles. The van der Waals surface area contributed by atoms with Crippen LogP contribution in [0.1, 0.15) is 36.7 Å². The molecule has 3 N–H and O–H groups in total. The quantitative estimate of drug-likeness (QED) is 0.271. The highest BCUT2D eigenvalue weighted by atomic mass is 16.6. The maximum Gasteiger partial charge on any atom is 0.339 e. The summed E-state index contributed by atoms with van der Waals surface area (Å²) >= 11 is 0. The van der Waals surface area contributed by atoms with Crippen molar-refractivity contribution in [3.63, 3.8) is 0 Å². The molecule has 166 valence electrons. The summed E-state index contributed by atoms with van der Waals surface area (Å²) in [5.74, 6) is -0.306. The van der Waals surface area contributed by atoms with Crippen molar-refractivity contribution in [3.8, 4) is 11.3 Å². The number of aromatic carboxylic acids is 1. The Bertz CT molecular complexity index is 1110. The monoisotopic (exact) mass is 436 g/mol. The lowest BCUT2D eigenvalue weighted by Gasteiger charge is -2.19. The Labute approximate surface area is 184 Å². The van der Waals surface area contributed by atoms with E-state index in [0.717, 1.165) is 5.56 Å². The van der Waals surface area contributed by atoms with Gasteiger partial charge in [0.1, 0.15) is 17.6 Å². The second-order valence-corrected chi connectivity index (χ2v) is 8.10. The van der Waals surface area contributed by atoms with Gasteiger partial charge in [-0.05, 0) is 17.0 Å². The number of hydrogen-bond acceptors (Lipinski definition) is 8. The molecule has 0 saturated carbocycles. The highest BCUT2D eigenvalue weighted by Gasteiger charge is 2.17. The molecule has 2 heterocycles. The van der Waals surface area contributed by atoms with Gasteiger partial charge in [0.2, 0.25) is 5.95 Å². The van der Waals surface area contributed by atoms with E-state index >= 15 is 0 Å². The van der Waals surface area contributed by atoms with Gasteiger partial charge in [0, 0.05) is 30.9 Å². The summed E-state index contributed by atoms with van der Waals surface area (Å²) in [7, 11) is 0. The van der Waals surface area contributed by atoms with Crippen LogP contribution in [0.5, 0.6) is 0 Å². The second-order valence-electron chi connectivity index (χ2n) is 8.10. The molecular weight excluding hydrogens is 412 g/mol. The Morgan fingerprint density at radius 3 is 2.28 bits per heavy atom. The lowest BCUT2D eigenvalue weighted by Crippen LogP contribution is -2.16. The SMILES string of the molecule is CC(C)(C)c1ccc(-c2nc(NCCNc3ccc([N+](=O)[O-])cn3)ncc2C(=O)O)cc1. The van der Waals surface area contributed by atoms with Crippen molar-refractivity contribution in [1.82, 2.24) is 15.0 Å². The molecule has 0 aliphatic carbocycles. The molecule has 3 aromatic rings. The minimum absolute atomic E-state index is 0.0158. The van der Waals surface area contributed by atoms with Gasteiger partial charge in [-0.15, -0.1) is 0 Å². The molecule has 0 spiro atoms. The number of carboxylic acids is 1. The average Bonchev–Trinajstić information content (AvgIpc) is 2.76. The Morgan fingerprint density at radius 2 is 1.72 bits per heavy atom. The Kier molecular flexibility index (Phi) is 6.62. The van der Waals surface area contributed by atoms with Gasteiger partial charge >= 0.3 is 5.97 Å². The smallest absolute Gasteiger partial charge is 0.339 e. The summed E-state index contributed by atoms with van der Waals surface area (Å²) < 4.78 is 0. The maximum atomic E-state index is 11.7. The number of carboxylic acid groups (broad SMARTS) is 1. The van der Waals surface area contributed by atoms with E-state index in [4.69, 9.17) is 0 Å². The molecule has 2 aromatic heterocycles. The van der Waals surface area contributed by atoms with Gasteiger partial charge in [-0.25, -0.2) is 19.7 Å². The number of carbonyl (C=O) groups is 1. The summed E-state index contributed by atoms with van der Waals surface area (Å²) in [4.78, 5) is 34.3. The first-order valence-electron chi connectivity index (χ1n) is 9.94. The fraction of sp³-hybridized carbons (Fsp3) is 0.273. The molecule has 0 aliphatic rings. The lowest BCUT2D eigenvalue weighted by atomic mass is 9.86. The molecule has 10 nitrogen and oxygen atoms in total. The maximum absolute atomic E-state index is 11.7. The van der Waals surface area contributed by atoms with Crippen LogP contribution in [0.4, 0.5) is 17.5 Å². The standard InChI is InChI=1S/C22H24N6O4/c1-22(2,3)15-6-4-14(5-7-15)19-17(20(29)30)13-26-21(27-19)24-11-10-23-18-9-8-16(12-25-18)28(31)32/h4-9,12-13H,10-11H2,1-3H3,(H,23,25)(H,29,30)(H,24,26,27). The van der Waals surface area contributed by atoms with Crippen molar-refractivity contribution >= 4 is 23.4 Å². The number of rotatable bonds is 8. The molecular formula is C22H24N6O4. The zero-order chi connectivity index (χ0) is 23.3. The zero-order valence-corrected chi connectivity index (χ0v) is 18.0. The highest BCUT2D eigenvalue weighted by molar-refractivity contribution is 5.94. The van der Waals surface area contributed by atoms with Gasteiger partial charge in [0.25, 0.3) is 5.69 Å². The van der Waals surface area contributed by atoms with Crippen molar-refractivity contribution in [2.24, 2.45) is 0 Å². The first-order chi connectivity index (χ1) is 15.1. The molecule has 0 fully saturated rings. The molecule has 0 saturated heterocycles. The predicted octanol–water partition coefficient (Wildman–Crippen LogP) is 3.97. The van der Waals surface area contributed by atoms with E-state index in [1.165, 1.54) is 24.5 Å². The molecule has 0 unspecified atom stereocenters. The van der Waals surface area contributed by atoms with Gasteiger partial charge in [-0.3, -0.25) is 10.1 Å². The van der Waals surface area contributed by atoms with Crippen LogP contribution in [0.3, 0.4) is 0 Å². The van der Waals surface area contributed by atoms with Crippen LogP contribution < -0.4 is 10.6 Å². The molecule has 0 bridgehead atoms. The number of nitro groups is 1. The summed E-state index contributed by atoms with van der Waals surface area (Å²) in [6.07, 6.45) is 2.47. The normalized spacial score (nSPS) is 11.1. The zero-order valence-electron chi connectivity index (χ0n) is 18.0. The summed E-state index contributed by atoms with van der Waals surface area (Å²) in [5.41, 5.74) is 2.08. The third kappa shape index (κ3) is 5.54. The van der Waals surface area contributed by atoms with Crippen molar-refractivity contribution in [2.45, 2.75) is 26.2 Å². The molecule has 0 atom stereocenters. The van der Waals surface area contributed by atoms with Crippen LogP contribution in [0.2, 0.25) is 0 Å². The number of benzene rings is 1. The number of anilines is 2. The molecule has 1 aromatic carbocycles. The van der Waals surface area contributed by atoms with Gasteiger partial charge in [0.15, 0.2) is 0 Å². The van der Waals surface area contributed by atoms with E-state index in [1.54, 1.807) is 0 Å². The van der Waals surface area contributed by atoms with Crippen LogP contribution in [-0.4, -0.2) is 44.0 Å². The van der Waals surface area contributed by atoms with Crippen molar-refractivity contribution in [1.29, 1.82) is 0 Å². The predicted molar refractivity (Wildman–Crippen MR) is 121 cm³/mol. The van der Waals surface area contributed by atoms with Crippen LogP contribution >= 0.6 is 0 Å². The van der Waals surface area contributed by atoms with Crippen LogP contribution in [0.25, 0.3) is 11.3 Å². The number of pyridine rings is 1. The summed E-state index contributed by atoms with van der Waals surface area (Å²) in [6.45, 7) is 7.20. The minimum Gasteiger partial charge on any atom is -0.478 e. The van der Waals surface area contributed by atoms with E-state index in [-0.39, 0.29) is 16.7 Å². The van der Waals surface area contributed by atoms with E-state index in [9.17, 15) is 20.0 Å². The van der Waals surface area contributed by atoms with Gasteiger partial charge in [-0.2, -0.15) is 0 Å². The highest BCUT2D eigenvalue weighted by Crippen LogP contribution is 2.27. The largest absolute Gasteiger partial charge is 0.478 e. The molecule has 10 heteroatoms. The molecule has 0 amide bonds. The fourth-order valence-corrected chi connectivity index (χ4v) is 2.94. The Hall–Kier alpha value is -4.08. The first-order valence-corrected chi connectivity index (χ1v) is 9.94. The Balaban J connectivity index is 1.69. The van der Waals surface area contributed by atoms with Gasteiger partial charge in [-0.1, -0.05) is 45.0 Å². The summed E-state index contributed by atoms with van der Waals surface area (Å²) in [6, 6.07) is 10.6.